The number of fused-ring (bicyclic) bond motifs is 1. The van der Waals surface area contributed by atoms with E-state index >= 15 is 0 Å². The Morgan fingerprint density at radius 2 is 1.38 bits per heavy atom. The Morgan fingerprint density at radius 1 is 0.810 bits per heavy atom. The molecule has 0 spiro atoms. The number of hydrogen-bond acceptors (Lipinski definition) is 3. The highest BCUT2D eigenvalue weighted by molar-refractivity contribution is 5.74. The lowest BCUT2D eigenvalue weighted by Crippen LogP contribution is -1.98. The molecule has 0 atom stereocenters. The Bertz CT molecular complexity index is 802. The van der Waals surface area contributed by atoms with Crippen molar-refractivity contribution in [3.05, 3.63) is 58.8 Å². The fraction of sp³-hybridized carbons (Fsp3) is 0.222. The van der Waals surface area contributed by atoms with Crippen molar-refractivity contribution in [3.63, 3.8) is 0 Å². The molecule has 0 saturated heterocycles. The average Bonchev–Trinajstić information content (AvgIpc) is 2.43. The first kappa shape index (κ1) is 13.6. The van der Waals surface area contributed by atoms with Crippen molar-refractivity contribution in [2.75, 3.05) is 0 Å². The number of aromatic nitrogens is 2. The third-order valence-corrected chi connectivity index (χ3v) is 3.50. The first-order valence-electron chi connectivity index (χ1n) is 7.03. The molecule has 0 unspecified atom stereocenters. The molecule has 3 nitrogen and oxygen atoms in total. The lowest BCUT2D eigenvalue weighted by Gasteiger charge is -2.13. The van der Waals surface area contributed by atoms with E-state index in [2.05, 4.69) is 42.9 Å². The summed E-state index contributed by atoms with van der Waals surface area (Å²) in [5.41, 5.74) is 6.00. The Morgan fingerprint density at radius 3 is 2.00 bits per heavy atom. The second-order valence-corrected chi connectivity index (χ2v) is 5.43. The van der Waals surface area contributed by atoms with Gasteiger partial charge in [-0.3, -0.25) is 0 Å². The van der Waals surface area contributed by atoms with Crippen LogP contribution in [0.1, 0.15) is 22.4 Å². The molecule has 0 N–H and O–H groups in total. The first-order valence-corrected chi connectivity index (χ1v) is 7.03. The van der Waals surface area contributed by atoms with E-state index in [4.69, 9.17) is 4.74 Å². The van der Waals surface area contributed by atoms with Crippen LogP contribution in [-0.4, -0.2) is 9.97 Å². The zero-order valence-corrected chi connectivity index (χ0v) is 12.8. The highest BCUT2D eigenvalue weighted by atomic mass is 16.5. The third kappa shape index (κ3) is 2.59. The van der Waals surface area contributed by atoms with Gasteiger partial charge in [-0.05, 0) is 51.0 Å². The minimum atomic E-state index is 0.573. The highest BCUT2D eigenvalue weighted by Gasteiger charge is 2.11. The van der Waals surface area contributed by atoms with Crippen LogP contribution in [0.5, 0.6) is 11.6 Å². The van der Waals surface area contributed by atoms with Gasteiger partial charge in [0.05, 0.1) is 11.0 Å². The summed E-state index contributed by atoms with van der Waals surface area (Å²) in [7, 11) is 0. The van der Waals surface area contributed by atoms with Crippen LogP contribution >= 0.6 is 0 Å². The standard InChI is InChI=1S/C18H18N2O/c1-11-9-12(2)17(13(3)10-11)21-18-14(4)19-15-7-5-6-8-16(15)20-18/h5-10H,1-4H3. The number of benzene rings is 2. The molecule has 3 heteroatoms. The van der Waals surface area contributed by atoms with Crippen LogP contribution in [-0.2, 0) is 0 Å². The molecule has 2 aromatic carbocycles. The second-order valence-electron chi connectivity index (χ2n) is 5.43. The third-order valence-electron chi connectivity index (χ3n) is 3.50. The van der Waals surface area contributed by atoms with Gasteiger partial charge in [0.2, 0.25) is 5.88 Å². The number of para-hydroxylation sites is 2. The molecule has 0 saturated carbocycles. The lowest BCUT2D eigenvalue weighted by atomic mass is 10.1. The van der Waals surface area contributed by atoms with E-state index in [1.54, 1.807) is 0 Å². The Labute approximate surface area is 124 Å². The van der Waals surface area contributed by atoms with E-state index in [1.807, 2.05) is 31.2 Å². The van der Waals surface area contributed by atoms with Crippen molar-refractivity contribution in [1.29, 1.82) is 0 Å². The molecule has 0 radical (unpaired) electrons. The van der Waals surface area contributed by atoms with Crippen molar-refractivity contribution in [1.82, 2.24) is 9.97 Å². The van der Waals surface area contributed by atoms with Crippen molar-refractivity contribution in [3.8, 4) is 11.6 Å². The van der Waals surface area contributed by atoms with Crippen LogP contribution in [0.25, 0.3) is 11.0 Å². The van der Waals surface area contributed by atoms with E-state index in [1.165, 1.54) is 5.56 Å². The molecule has 3 aromatic rings. The quantitative estimate of drug-likeness (QED) is 0.684. The maximum absolute atomic E-state index is 6.06. The van der Waals surface area contributed by atoms with Crippen molar-refractivity contribution in [2.24, 2.45) is 0 Å². The van der Waals surface area contributed by atoms with Crippen molar-refractivity contribution in [2.45, 2.75) is 27.7 Å². The molecule has 0 fully saturated rings. The molecular formula is C18H18N2O. The summed E-state index contributed by atoms with van der Waals surface area (Å²) >= 11 is 0. The summed E-state index contributed by atoms with van der Waals surface area (Å²) in [6.07, 6.45) is 0. The number of aryl methyl sites for hydroxylation is 4. The minimum absolute atomic E-state index is 0.573. The zero-order valence-electron chi connectivity index (χ0n) is 12.8. The summed E-state index contributed by atoms with van der Waals surface area (Å²) in [6, 6.07) is 12.1. The van der Waals surface area contributed by atoms with Gasteiger partial charge in [0.25, 0.3) is 0 Å². The normalized spacial score (nSPS) is 10.9. The molecule has 0 aliphatic rings. The summed E-state index contributed by atoms with van der Waals surface area (Å²) in [6.45, 7) is 8.12. The largest absolute Gasteiger partial charge is 0.437 e. The fourth-order valence-corrected chi connectivity index (χ4v) is 2.59. The molecule has 3 rings (SSSR count). The lowest BCUT2D eigenvalue weighted by molar-refractivity contribution is 0.451. The average molecular weight is 278 g/mol. The van der Waals surface area contributed by atoms with Gasteiger partial charge < -0.3 is 4.74 Å². The van der Waals surface area contributed by atoms with Gasteiger partial charge in [0.15, 0.2) is 0 Å². The summed E-state index contributed by atoms with van der Waals surface area (Å²) in [4.78, 5) is 9.15. The van der Waals surface area contributed by atoms with E-state index in [-0.39, 0.29) is 0 Å². The Balaban J connectivity index is 2.08. The maximum Gasteiger partial charge on any atom is 0.241 e. The molecule has 0 aliphatic heterocycles. The van der Waals surface area contributed by atoms with Crippen molar-refractivity contribution < 1.29 is 4.74 Å². The van der Waals surface area contributed by atoms with Gasteiger partial charge in [-0.15, -0.1) is 0 Å². The van der Waals surface area contributed by atoms with Crippen LogP contribution in [0, 0.1) is 27.7 Å². The second kappa shape index (κ2) is 5.17. The smallest absolute Gasteiger partial charge is 0.241 e. The summed E-state index contributed by atoms with van der Waals surface area (Å²) in [5, 5.41) is 0. The van der Waals surface area contributed by atoms with Crippen LogP contribution in [0.15, 0.2) is 36.4 Å². The molecule has 106 valence electrons. The predicted octanol–water partition coefficient (Wildman–Crippen LogP) is 4.66. The topological polar surface area (TPSA) is 35.0 Å². The molecular weight excluding hydrogens is 260 g/mol. The number of rotatable bonds is 2. The van der Waals surface area contributed by atoms with E-state index in [0.717, 1.165) is 33.6 Å². The van der Waals surface area contributed by atoms with Gasteiger partial charge >= 0.3 is 0 Å². The Kier molecular flexibility index (Phi) is 3.34. The monoisotopic (exact) mass is 278 g/mol. The molecule has 0 bridgehead atoms. The molecule has 0 amide bonds. The van der Waals surface area contributed by atoms with Gasteiger partial charge in [-0.2, -0.15) is 0 Å². The van der Waals surface area contributed by atoms with Gasteiger partial charge in [-0.1, -0.05) is 29.8 Å². The van der Waals surface area contributed by atoms with Crippen LogP contribution in [0.3, 0.4) is 0 Å². The maximum atomic E-state index is 6.06. The van der Waals surface area contributed by atoms with E-state index in [9.17, 15) is 0 Å². The molecule has 1 aromatic heterocycles. The van der Waals surface area contributed by atoms with Gasteiger partial charge in [0.1, 0.15) is 11.4 Å². The molecule has 1 heterocycles. The van der Waals surface area contributed by atoms with Gasteiger partial charge in [-0.25, -0.2) is 9.97 Å². The number of hydrogen-bond donors (Lipinski definition) is 0. The highest BCUT2D eigenvalue weighted by Crippen LogP contribution is 2.30. The SMILES string of the molecule is Cc1cc(C)c(Oc2nc3ccccc3nc2C)c(C)c1. The van der Waals surface area contributed by atoms with E-state index < -0.39 is 0 Å². The summed E-state index contributed by atoms with van der Waals surface area (Å²) in [5.74, 6) is 1.44. The van der Waals surface area contributed by atoms with Crippen LogP contribution in [0.4, 0.5) is 0 Å². The first-order chi connectivity index (χ1) is 10.0. The van der Waals surface area contributed by atoms with Crippen LogP contribution in [0.2, 0.25) is 0 Å². The van der Waals surface area contributed by atoms with E-state index in [0.29, 0.717) is 5.88 Å². The predicted molar refractivity (Wildman–Crippen MR) is 85.0 cm³/mol. The minimum Gasteiger partial charge on any atom is -0.437 e. The van der Waals surface area contributed by atoms with Crippen molar-refractivity contribution >= 4 is 11.0 Å². The molecule has 21 heavy (non-hydrogen) atoms. The Hall–Kier alpha value is -2.42. The van der Waals surface area contributed by atoms with Crippen LogP contribution < -0.4 is 4.74 Å². The zero-order chi connectivity index (χ0) is 15.0. The fourth-order valence-electron chi connectivity index (χ4n) is 2.59. The van der Waals surface area contributed by atoms with Gasteiger partial charge in [0, 0.05) is 0 Å². The summed E-state index contributed by atoms with van der Waals surface area (Å²) < 4.78 is 6.06. The number of nitrogens with zero attached hydrogens (tertiary/aromatic N) is 2. The molecule has 0 aliphatic carbocycles. The number of ether oxygens (including phenoxy) is 1.